The van der Waals surface area contributed by atoms with Crippen LogP contribution in [-0.2, 0) is 9.78 Å². The van der Waals surface area contributed by atoms with Gasteiger partial charge in [0.2, 0.25) is 0 Å². The number of unbranched alkanes of at least 4 members (excludes halogenated alkanes) is 5. The number of hydrogen-bond acceptors (Lipinski definition) is 2. The van der Waals surface area contributed by atoms with E-state index in [9.17, 15) is 0 Å². The van der Waals surface area contributed by atoms with Crippen LogP contribution in [0.4, 0.5) is 0 Å². The van der Waals surface area contributed by atoms with Gasteiger partial charge < -0.3 is 0 Å². The van der Waals surface area contributed by atoms with Crippen molar-refractivity contribution in [2.24, 2.45) is 0 Å². The minimum absolute atomic E-state index is 0.171. The van der Waals surface area contributed by atoms with Crippen LogP contribution < -0.4 is 0 Å². The highest BCUT2D eigenvalue weighted by Gasteiger charge is 2.26. The van der Waals surface area contributed by atoms with Crippen molar-refractivity contribution < 1.29 is 9.78 Å². The summed E-state index contributed by atoms with van der Waals surface area (Å²) in [6.45, 7) is 13.0. The van der Waals surface area contributed by atoms with E-state index in [2.05, 4.69) is 41.5 Å². The molecule has 19 heavy (non-hydrogen) atoms. The Hall–Kier alpha value is -0.0800. The second kappa shape index (κ2) is 9.77. The third kappa shape index (κ3) is 11.4. The molecule has 0 spiro atoms. The first-order valence-corrected chi connectivity index (χ1v) is 8.20. The van der Waals surface area contributed by atoms with Gasteiger partial charge in [0.1, 0.15) is 0 Å². The van der Waals surface area contributed by atoms with Crippen LogP contribution in [0, 0.1) is 0 Å². The van der Waals surface area contributed by atoms with Crippen molar-refractivity contribution in [3.05, 3.63) is 0 Å². The van der Waals surface area contributed by atoms with E-state index < -0.39 is 0 Å². The summed E-state index contributed by atoms with van der Waals surface area (Å²) < 4.78 is 0. The summed E-state index contributed by atoms with van der Waals surface area (Å²) in [5, 5.41) is 0. The van der Waals surface area contributed by atoms with Crippen molar-refractivity contribution in [1.29, 1.82) is 0 Å². The molecular weight excluding hydrogens is 236 g/mol. The molecule has 0 atom stereocenters. The first kappa shape index (κ1) is 18.9. The number of hydrogen-bond donors (Lipinski definition) is 0. The largest absolute Gasteiger partial charge is 0.230 e. The lowest BCUT2D eigenvalue weighted by molar-refractivity contribution is -0.403. The quantitative estimate of drug-likeness (QED) is 0.245. The third-order valence-electron chi connectivity index (χ3n) is 3.51. The zero-order valence-corrected chi connectivity index (χ0v) is 14.2. The van der Waals surface area contributed by atoms with Gasteiger partial charge in [-0.3, -0.25) is 0 Å². The Bertz CT molecular complexity index is 209. The van der Waals surface area contributed by atoms with Crippen LogP contribution in [0.2, 0.25) is 0 Å². The summed E-state index contributed by atoms with van der Waals surface area (Å²) in [5.41, 5.74) is -0.342. The zero-order valence-electron chi connectivity index (χ0n) is 14.2. The Kier molecular flexibility index (Phi) is 9.72. The Balaban J connectivity index is 3.86. The van der Waals surface area contributed by atoms with Crippen LogP contribution in [0.5, 0.6) is 0 Å². The molecule has 0 bridgehead atoms. The summed E-state index contributed by atoms with van der Waals surface area (Å²) in [5.74, 6) is 0. The molecule has 0 fully saturated rings. The van der Waals surface area contributed by atoms with E-state index in [1.165, 1.54) is 44.9 Å². The molecule has 0 rings (SSSR count). The highest BCUT2D eigenvalue weighted by atomic mass is 17.2. The predicted molar refractivity (Wildman–Crippen MR) is 83.2 cm³/mol. The van der Waals surface area contributed by atoms with E-state index >= 15 is 0 Å². The predicted octanol–water partition coefficient (Wildman–Crippen LogP) is 6.04. The van der Waals surface area contributed by atoms with Crippen LogP contribution in [0.3, 0.4) is 0 Å². The van der Waals surface area contributed by atoms with Crippen LogP contribution in [-0.4, -0.2) is 11.2 Å². The van der Waals surface area contributed by atoms with Gasteiger partial charge in [0.15, 0.2) is 0 Å². The van der Waals surface area contributed by atoms with Crippen LogP contribution in [0.1, 0.15) is 99.3 Å². The molecule has 0 saturated carbocycles. The lowest BCUT2D eigenvalue weighted by atomic mass is 10.00. The number of rotatable bonds is 12. The van der Waals surface area contributed by atoms with Crippen LogP contribution in [0.15, 0.2) is 0 Å². The van der Waals surface area contributed by atoms with Crippen molar-refractivity contribution in [3.8, 4) is 0 Å². The first-order chi connectivity index (χ1) is 8.83. The monoisotopic (exact) mass is 272 g/mol. The molecule has 0 heterocycles. The molecule has 0 amide bonds. The van der Waals surface area contributed by atoms with Gasteiger partial charge >= 0.3 is 0 Å². The average molecular weight is 272 g/mol. The van der Waals surface area contributed by atoms with E-state index in [4.69, 9.17) is 9.78 Å². The smallest absolute Gasteiger partial charge is 0.0980 e. The minimum Gasteiger partial charge on any atom is -0.230 e. The molecular formula is C17H36O2. The summed E-state index contributed by atoms with van der Waals surface area (Å²) in [4.78, 5) is 11.4. The fourth-order valence-electron chi connectivity index (χ4n) is 2.09. The third-order valence-corrected chi connectivity index (χ3v) is 3.51. The van der Waals surface area contributed by atoms with Gasteiger partial charge in [-0.05, 0) is 40.5 Å². The SMILES string of the molecule is CCCCCCC(C)(C)OOC(C)(C)CCCCC. The highest BCUT2D eigenvalue weighted by molar-refractivity contribution is 4.69. The first-order valence-electron chi connectivity index (χ1n) is 8.20. The van der Waals surface area contributed by atoms with Gasteiger partial charge in [-0.25, -0.2) is 9.78 Å². The summed E-state index contributed by atoms with van der Waals surface area (Å²) >= 11 is 0. The van der Waals surface area contributed by atoms with E-state index in [-0.39, 0.29) is 11.2 Å². The zero-order chi connectivity index (χ0) is 14.8. The van der Waals surface area contributed by atoms with Crippen LogP contribution in [0.25, 0.3) is 0 Å². The van der Waals surface area contributed by atoms with Gasteiger partial charge in [0, 0.05) is 0 Å². The molecule has 0 aromatic rings. The second-order valence-corrected chi connectivity index (χ2v) is 6.95. The lowest BCUT2D eigenvalue weighted by Crippen LogP contribution is -2.32. The fourth-order valence-corrected chi connectivity index (χ4v) is 2.09. The molecule has 2 nitrogen and oxygen atoms in total. The standard InChI is InChI=1S/C17H36O2/c1-7-9-11-13-15-17(5,6)19-18-16(3,4)14-12-10-8-2/h7-15H2,1-6H3. The molecule has 0 aromatic heterocycles. The maximum absolute atomic E-state index is 5.71. The van der Waals surface area contributed by atoms with Crippen molar-refractivity contribution in [2.45, 2.75) is 111 Å². The molecule has 0 unspecified atom stereocenters. The van der Waals surface area contributed by atoms with E-state index in [0.717, 1.165) is 12.8 Å². The van der Waals surface area contributed by atoms with Gasteiger partial charge in [-0.15, -0.1) is 0 Å². The Labute approximate surface area is 121 Å². The summed E-state index contributed by atoms with van der Waals surface area (Å²) in [7, 11) is 0. The minimum atomic E-state index is -0.171. The maximum Gasteiger partial charge on any atom is 0.0980 e. The molecule has 0 aromatic carbocycles. The van der Waals surface area contributed by atoms with Crippen molar-refractivity contribution >= 4 is 0 Å². The lowest BCUT2D eigenvalue weighted by Gasteiger charge is -2.30. The maximum atomic E-state index is 5.71. The molecule has 116 valence electrons. The molecule has 0 aliphatic heterocycles. The molecule has 0 aliphatic rings. The summed E-state index contributed by atoms with van der Waals surface area (Å²) in [6, 6.07) is 0. The molecule has 0 saturated heterocycles. The van der Waals surface area contributed by atoms with Crippen molar-refractivity contribution in [3.63, 3.8) is 0 Å². The van der Waals surface area contributed by atoms with E-state index in [1.54, 1.807) is 0 Å². The normalized spacial score (nSPS) is 12.9. The molecule has 0 radical (unpaired) electrons. The highest BCUT2D eigenvalue weighted by Crippen LogP contribution is 2.25. The van der Waals surface area contributed by atoms with Gasteiger partial charge in [-0.1, -0.05) is 58.8 Å². The average Bonchev–Trinajstić information content (AvgIpc) is 2.33. The van der Waals surface area contributed by atoms with Crippen molar-refractivity contribution in [1.82, 2.24) is 0 Å². The van der Waals surface area contributed by atoms with Gasteiger partial charge in [0.05, 0.1) is 11.2 Å². The van der Waals surface area contributed by atoms with Crippen molar-refractivity contribution in [2.75, 3.05) is 0 Å². The molecule has 2 heteroatoms. The van der Waals surface area contributed by atoms with Gasteiger partial charge in [-0.2, -0.15) is 0 Å². The van der Waals surface area contributed by atoms with E-state index in [1.807, 2.05) is 0 Å². The molecule has 0 aliphatic carbocycles. The van der Waals surface area contributed by atoms with Gasteiger partial charge in [0.25, 0.3) is 0 Å². The Morgan fingerprint density at radius 3 is 1.37 bits per heavy atom. The second-order valence-electron chi connectivity index (χ2n) is 6.95. The fraction of sp³-hybridized carbons (Fsp3) is 1.00. The Morgan fingerprint density at radius 2 is 0.947 bits per heavy atom. The molecule has 0 N–H and O–H groups in total. The van der Waals surface area contributed by atoms with E-state index in [0.29, 0.717) is 0 Å². The van der Waals surface area contributed by atoms with Crippen LogP contribution >= 0.6 is 0 Å². The topological polar surface area (TPSA) is 18.5 Å². The Morgan fingerprint density at radius 1 is 0.579 bits per heavy atom. The summed E-state index contributed by atoms with van der Waals surface area (Å²) in [6.07, 6.45) is 11.0.